The molecule has 1 rings (SSSR count). The fraction of sp³-hybridized carbons (Fsp3) is 0.692. The van der Waals surface area contributed by atoms with Gasteiger partial charge in [-0.3, -0.25) is 0 Å². The van der Waals surface area contributed by atoms with Gasteiger partial charge in [-0.1, -0.05) is 13.3 Å². The van der Waals surface area contributed by atoms with E-state index < -0.39 is 5.54 Å². The molecule has 0 aliphatic carbocycles. The molecule has 0 bridgehead atoms. The first-order chi connectivity index (χ1) is 8.90. The van der Waals surface area contributed by atoms with Crippen LogP contribution in [0.4, 0.5) is 4.79 Å². The van der Waals surface area contributed by atoms with Crippen molar-refractivity contribution in [3.63, 3.8) is 0 Å². The molecule has 0 aliphatic heterocycles. The summed E-state index contributed by atoms with van der Waals surface area (Å²) in [5, 5.41) is 15.9. The number of aliphatic hydroxyl groups excluding tert-OH is 1. The fourth-order valence-electron chi connectivity index (χ4n) is 1.87. The second-order valence-corrected chi connectivity index (χ2v) is 6.36. The zero-order valence-electron chi connectivity index (χ0n) is 12.0. The molecule has 108 valence electrons. The number of rotatable bonds is 6. The van der Waals surface area contributed by atoms with Gasteiger partial charge in [0, 0.05) is 11.1 Å². The summed E-state index contributed by atoms with van der Waals surface area (Å²) < 4.78 is 0. The Bertz CT molecular complexity index is 422. The van der Waals surface area contributed by atoms with Crippen LogP contribution in [0.2, 0.25) is 0 Å². The van der Waals surface area contributed by atoms with E-state index in [1.165, 1.54) is 0 Å². The number of carbonyl (C=O) groups is 1. The molecule has 1 heterocycles. The van der Waals surface area contributed by atoms with Gasteiger partial charge < -0.3 is 15.7 Å². The quantitative estimate of drug-likeness (QED) is 0.751. The Hall–Kier alpha value is -1.14. The third-order valence-corrected chi connectivity index (χ3v) is 4.02. The lowest BCUT2D eigenvalue weighted by atomic mass is 9.98. The van der Waals surface area contributed by atoms with Crippen molar-refractivity contribution in [1.29, 1.82) is 0 Å². The van der Waals surface area contributed by atoms with Crippen molar-refractivity contribution in [3.8, 4) is 0 Å². The number of carbonyl (C=O) groups excluding carboxylic acids is 1. The molecule has 0 aliphatic rings. The number of aromatic nitrogens is 1. The van der Waals surface area contributed by atoms with Gasteiger partial charge in [-0.2, -0.15) is 0 Å². The van der Waals surface area contributed by atoms with Crippen LogP contribution in [0.3, 0.4) is 0 Å². The number of nitrogens with zero attached hydrogens (tertiary/aromatic N) is 1. The van der Waals surface area contributed by atoms with Gasteiger partial charge in [0.15, 0.2) is 0 Å². The Labute approximate surface area is 118 Å². The highest BCUT2D eigenvalue weighted by atomic mass is 32.1. The summed E-state index contributed by atoms with van der Waals surface area (Å²) >= 11 is 1.57. The highest BCUT2D eigenvalue weighted by Gasteiger charge is 2.25. The van der Waals surface area contributed by atoms with Gasteiger partial charge in [-0.05, 0) is 27.2 Å². The van der Waals surface area contributed by atoms with Crippen LogP contribution >= 0.6 is 11.3 Å². The lowest BCUT2D eigenvalue weighted by molar-refractivity contribution is 0.162. The molecule has 0 saturated carbocycles. The van der Waals surface area contributed by atoms with Gasteiger partial charge in [-0.15, -0.1) is 11.3 Å². The Balaban J connectivity index is 2.55. The van der Waals surface area contributed by atoms with Crippen molar-refractivity contribution < 1.29 is 9.90 Å². The summed E-state index contributed by atoms with van der Waals surface area (Å²) in [6.07, 6.45) is 3.44. The summed E-state index contributed by atoms with van der Waals surface area (Å²) in [7, 11) is 0. The predicted octanol–water partition coefficient (Wildman–Crippen LogP) is 2.36. The van der Waals surface area contributed by atoms with Crippen LogP contribution < -0.4 is 10.6 Å². The molecular formula is C13H23N3O2S. The van der Waals surface area contributed by atoms with Crippen LogP contribution in [0.25, 0.3) is 0 Å². The summed E-state index contributed by atoms with van der Waals surface area (Å²) in [5.74, 6) is 0. The van der Waals surface area contributed by atoms with Crippen LogP contribution in [0.1, 0.15) is 49.5 Å². The monoisotopic (exact) mass is 285 g/mol. The van der Waals surface area contributed by atoms with Crippen LogP contribution in [0.15, 0.2) is 6.20 Å². The largest absolute Gasteiger partial charge is 0.394 e. The van der Waals surface area contributed by atoms with E-state index >= 15 is 0 Å². The fourth-order valence-corrected chi connectivity index (χ4v) is 2.65. The average Bonchev–Trinajstić information content (AvgIpc) is 2.76. The Morgan fingerprint density at radius 1 is 1.63 bits per heavy atom. The average molecular weight is 285 g/mol. The molecule has 2 amide bonds. The maximum absolute atomic E-state index is 11.9. The first kappa shape index (κ1) is 15.9. The molecule has 5 nitrogen and oxygen atoms in total. The zero-order valence-corrected chi connectivity index (χ0v) is 12.8. The van der Waals surface area contributed by atoms with Crippen molar-refractivity contribution in [1.82, 2.24) is 15.6 Å². The van der Waals surface area contributed by atoms with E-state index in [4.69, 9.17) is 0 Å². The van der Waals surface area contributed by atoms with Crippen molar-refractivity contribution in [2.75, 3.05) is 6.61 Å². The van der Waals surface area contributed by atoms with E-state index in [2.05, 4.69) is 15.6 Å². The molecule has 0 spiro atoms. The third kappa shape index (κ3) is 4.80. The van der Waals surface area contributed by atoms with Gasteiger partial charge in [-0.25, -0.2) is 9.78 Å². The molecule has 2 atom stereocenters. The van der Waals surface area contributed by atoms with E-state index in [1.54, 1.807) is 17.5 Å². The molecular weight excluding hydrogens is 262 g/mol. The van der Waals surface area contributed by atoms with E-state index in [-0.39, 0.29) is 18.7 Å². The summed E-state index contributed by atoms with van der Waals surface area (Å²) in [6.45, 7) is 7.67. The molecule has 0 fully saturated rings. The Morgan fingerprint density at radius 3 is 2.79 bits per heavy atom. The predicted molar refractivity (Wildman–Crippen MR) is 77.3 cm³/mol. The molecule has 0 radical (unpaired) electrons. The highest BCUT2D eigenvalue weighted by molar-refractivity contribution is 7.11. The van der Waals surface area contributed by atoms with Crippen LogP contribution in [0.5, 0.6) is 0 Å². The van der Waals surface area contributed by atoms with Crippen molar-refractivity contribution in [2.24, 2.45) is 0 Å². The summed E-state index contributed by atoms with van der Waals surface area (Å²) in [6, 6.07) is -0.409. The molecule has 1 aromatic heterocycles. The maximum atomic E-state index is 11.9. The topological polar surface area (TPSA) is 74.2 Å². The Kier molecular flexibility index (Phi) is 5.75. The van der Waals surface area contributed by atoms with Gasteiger partial charge in [0.05, 0.1) is 18.2 Å². The molecule has 6 heteroatoms. The standard InChI is InChI=1S/C13H23N3O2S/c1-5-6-13(4,8-17)16-12(18)15-10(3)11-14-7-9(2)19-11/h7,10,17H,5-6,8H2,1-4H3,(H2,15,16,18). The third-order valence-electron chi connectivity index (χ3n) is 2.92. The number of aliphatic hydroxyl groups is 1. The highest BCUT2D eigenvalue weighted by Crippen LogP contribution is 2.19. The SMILES string of the molecule is CCCC(C)(CO)NC(=O)NC(C)c1ncc(C)s1. The first-order valence-electron chi connectivity index (χ1n) is 6.52. The normalized spacial score (nSPS) is 15.6. The van der Waals surface area contributed by atoms with Crippen molar-refractivity contribution >= 4 is 17.4 Å². The van der Waals surface area contributed by atoms with Gasteiger partial charge in [0.1, 0.15) is 5.01 Å². The smallest absolute Gasteiger partial charge is 0.315 e. The van der Waals surface area contributed by atoms with Gasteiger partial charge in [0.2, 0.25) is 0 Å². The lowest BCUT2D eigenvalue weighted by Crippen LogP contribution is -2.52. The first-order valence-corrected chi connectivity index (χ1v) is 7.33. The number of urea groups is 1. The van der Waals surface area contributed by atoms with Crippen LogP contribution in [0, 0.1) is 6.92 Å². The van der Waals surface area contributed by atoms with E-state index in [9.17, 15) is 9.90 Å². The van der Waals surface area contributed by atoms with Crippen LogP contribution in [-0.4, -0.2) is 28.3 Å². The molecule has 1 aromatic rings. The number of amides is 2. The van der Waals surface area contributed by atoms with Gasteiger partial charge in [0.25, 0.3) is 0 Å². The molecule has 0 saturated heterocycles. The molecule has 2 unspecified atom stereocenters. The van der Waals surface area contributed by atoms with Gasteiger partial charge >= 0.3 is 6.03 Å². The summed E-state index contributed by atoms with van der Waals surface area (Å²) in [4.78, 5) is 17.3. The minimum Gasteiger partial charge on any atom is -0.394 e. The summed E-state index contributed by atoms with van der Waals surface area (Å²) in [5.41, 5.74) is -0.572. The zero-order chi connectivity index (χ0) is 14.5. The van der Waals surface area contributed by atoms with E-state index in [0.29, 0.717) is 0 Å². The van der Waals surface area contributed by atoms with Crippen molar-refractivity contribution in [3.05, 3.63) is 16.1 Å². The lowest BCUT2D eigenvalue weighted by Gasteiger charge is -2.29. The second kappa shape index (κ2) is 6.86. The molecule has 19 heavy (non-hydrogen) atoms. The second-order valence-electron chi connectivity index (χ2n) is 5.10. The van der Waals surface area contributed by atoms with E-state index in [0.717, 1.165) is 22.7 Å². The Morgan fingerprint density at radius 2 is 2.32 bits per heavy atom. The molecule has 0 aromatic carbocycles. The van der Waals surface area contributed by atoms with Crippen molar-refractivity contribution in [2.45, 2.75) is 52.1 Å². The number of aryl methyl sites for hydroxylation is 1. The van der Waals surface area contributed by atoms with Crippen LogP contribution in [-0.2, 0) is 0 Å². The molecule has 3 N–H and O–H groups in total. The minimum absolute atomic E-state index is 0.0704. The number of thiazole rings is 1. The van der Waals surface area contributed by atoms with E-state index in [1.807, 2.05) is 27.7 Å². The minimum atomic E-state index is -0.572. The number of hydrogen-bond acceptors (Lipinski definition) is 4. The maximum Gasteiger partial charge on any atom is 0.315 e. The number of hydrogen-bond donors (Lipinski definition) is 3. The number of nitrogens with one attached hydrogen (secondary N) is 2.